The van der Waals surface area contributed by atoms with E-state index >= 15 is 4.39 Å². The maximum atomic E-state index is 15.0. The fourth-order valence-corrected chi connectivity index (χ4v) is 5.65. The largest absolute Gasteiger partial charge is 0.507 e. The minimum Gasteiger partial charge on any atom is -0.450 e. The van der Waals surface area contributed by atoms with Crippen LogP contribution in [0.3, 0.4) is 0 Å². The van der Waals surface area contributed by atoms with E-state index in [2.05, 4.69) is 29.2 Å². The van der Waals surface area contributed by atoms with Gasteiger partial charge in [-0.2, -0.15) is 0 Å². The highest BCUT2D eigenvalue weighted by Gasteiger charge is 2.47. The van der Waals surface area contributed by atoms with E-state index in [9.17, 15) is 4.79 Å². The van der Waals surface area contributed by atoms with E-state index in [0.717, 1.165) is 41.0 Å². The lowest BCUT2D eigenvalue weighted by molar-refractivity contribution is -0.0999. The van der Waals surface area contributed by atoms with Crippen molar-refractivity contribution in [2.45, 2.75) is 37.5 Å². The average molecular weight is 476 g/mol. The van der Waals surface area contributed by atoms with Crippen LogP contribution in [-0.2, 0) is 16.7 Å². The number of halogens is 1. The van der Waals surface area contributed by atoms with Crippen LogP contribution in [0.4, 0.5) is 9.18 Å². The summed E-state index contributed by atoms with van der Waals surface area (Å²) in [6.07, 6.45) is 1.05. The molecule has 0 radical (unpaired) electrons. The van der Waals surface area contributed by atoms with Gasteiger partial charge in [0.15, 0.2) is 6.23 Å². The minimum absolute atomic E-state index is 0.0223. The van der Waals surface area contributed by atoms with Gasteiger partial charge in [0.2, 0.25) is 0 Å². The molecule has 1 N–H and O–H groups in total. The van der Waals surface area contributed by atoms with Gasteiger partial charge in [-0.25, -0.2) is 19.2 Å². The van der Waals surface area contributed by atoms with Crippen LogP contribution >= 0.6 is 11.3 Å². The number of rotatable bonds is 6. The molecule has 8 heteroatoms. The molecule has 2 aliphatic rings. The summed E-state index contributed by atoms with van der Waals surface area (Å²) in [6, 6.07) is 19.6. The quantitative estimate of drug-likeness (QED) is 0.355. The van der Waals surface area contributed by atoms with Gasteiger partial charge in [-0.1, -0.05) is 47.7 Å². The number of hydrogen-bond acceptors (Lipinski definition) is 6. The van der Waals surface area contributed by atoms with Crippen LogP contribution in [0.2, 0.25) is 0 Å². The number of hydrogen-bond donors (Lipinski definition) is 1. The monoisotopic (exact) mass is 475 g/mol. The molecule has 4 aromatic rings. The molecule has 6 rings (SSSR count). The first-order chi connectivity index (χ1) is 16.5. The van der Waals surface area contributed by atoms with Crippen molar-refractivity contribution in [1.82, 2.24) is 14.9 Å². The molecular weight excluding hydrogens is 453 g/mol. The number of likely N-dealkylation sites (tertiary alicyclic amines) is 1. The van der Waals surface area contributed by atoms with E-state index < -0.39 is 12.4 Å². The van der Waals surface area contributed by atoms with E-state index in [0.29, 0.717) is 23.5 Å². The molecule has 1 atom stereocenters. The minimum atomic E-state index is -1.29. The number of aromatic nitrogens is 2. The van der Waals surface area contributed by atoms with Crippen molar-refractivity contribution >= 4 is 27.8 Å². The van der Waals surface area contributed by atoms with Gasteiger partial charge in [-0.3, -0.25) is 4.90 Å². The molecule has 172 valence electrons. The molecule has 1 saturated carbocycles. The van der Waals surface area contributed by atoms with Crippen LogP contribution in [0.15, 0.2) is 60.7 Å². The number of carboxylic acid groups (broad SMARTS) is 1. The van der Waals surface area contributed by atoms with E-state index in [4.69, 9.17) is 14.8 Å². The Morgan fingerprint density at radius 1 is 1.15 bits per heavy atom. The number of nitrogens with zero attached hydrogens (tertiary/aromatic N) is 3. The zero-order valence-electron chi connectivity index (χ0n) is 18.3. The molecular formula is C26H22FN3O3S. The van der Waals surface area contributed by atoms with Crippen LogP contribution in [0.1, 0.15) is 36.1 Å². The first kappa shape index (κ1) is 21.2. The topological polar surface area (TPSA) is 75.6 Å². The van der Waals surface area contributed by atoms with E-state index in [1.807, 2.05) is 29.2 Å². The molecule has 34 heavy (non-hydrogen) atoms. The van der Waals surface area contributed by atoms with Crippen LogP contribution in [0, 0.1) is 5.82 Å². The number of pyridine rings is 1. The molecule has 3 heterocycles. The van der Waals surface area contributed by atoms with Crippen LogP contribution < -0.4 is 0 Å². The van der Waals surface area contributed by atoms with Gasteiger partial charge in [0.1, 0.15) is 21.2 Å². The Bertz CT molecular complexity index is 1390. The number of ether oxygens (including phenoxy) is 1. The zero-order chi connectivity index (χ0) is 23.3. The summed E-state index contributed by atoms with van der Waals surface area (Å²) in [5.41, 5.74) is 4.28. The van der Waals surface area contributed by atoms with E-state index in [-0.39, 0.29) is 11.2 Å². The number of carbonyl (C=O) groups is 1. The summed E-state index contributed by atoms with van der Waals surface area (Å²) < 4.78 is 19.9. The normalized spacial score (nSPS) is 19.0. The third-order valence-electron chi connectivity index (χ3n) is 6.78. The summed E-state index contributed by atoms with van der Waals surface area (Å²) in [5, 5.41) is 9.40. The second-order valence-corrected chi connectivity index (χ2v) is 9.88. The third-order valence-corrected chi connectivity index (χ3v) is 7.78. The molecule has 1 aliphatic heterocycles. The van der Waals surface area contributed by atoms with Crippen molar-refractivity contribution in [2.24, 2.45) is 0 Å². The fourth-order valence-electron chi connectivity index (χ4n) is 4.69. The Labute approximate surface area is 199 Å². The number of fused-ring (bicyclic) bond motifs is 1. The Hall–Kier alpha value is -3.36. The summed E-state index contributed by atoms with van der Waals surface area (Å²) >= 11 is 1.40. The lowest BCUT2D eigenvalue weighted by atomic mass is 9.92. The molecule has 2 fully saturated rings. The molecule has 6 nitrogen and oxygen atoms in total. The van der Waals surface area contributed by atoms with Gasteiger partial charge in [-0.15, -0.1) is 0 Å². The fraction of sp³-hybridized carbons (Fsp3) is 0.269. The smallest absolute Gasteiger partial charge is 0.450 e. The predicted molar refractivity (Wildman–Crippen MR) is 127 cm³/mol. The van der Waals surface area contributed by atoms with Gasteiger partial charge in [0.25, 0.3) is 0 Å². The van der Waals surface area contributed by atoms with Gasteiger partial charge >= 0.3 is 6.16 Å². The molecule has 0 amide bonds. The Morgan fingerprint density at radius 3 is 2.65 bits per heavy atom. The zero-order valence-corrected chi connectivity index (χ0v) is 19.1. The standard InChI is InChI=1S/C26H22FN3O3S/c27-19-14-16(15-30-13-10-22(30)33-25(31)32)6-7-18(19)23-28-20-8-9-21(29-24(20)34-23)26(11-12-26)17-4-2-1-3-5-17/h1-9,14,22H,10-13,15H2,(H,31,32)/t22-/m1/s1. The van der Waals surface area contributed by atoms with E-state index in [1.165, 1.54) is 23.0 Å². The highest BCUT2D eigenvalue weighted by Crippen LogP contribution is 2.53. The molecule has 0 bridgehead atoms. The first-order valence-corrected chi connectivity index (χ1v) is 12.1. The highest BCUT2D eigenvalue weighted by atomic mass is 32.1. The number of thiazole rings is 1. The molecule has 0 unspecified atom stereocenters. The van der Waals surface area contributed by atoms with Gasteiger partial charge < -0.3 is 9.84 Å². The van der Waals surface area contributed by atoms with Crippen molar-refractivity contribution in [3.63, 3.8) is 0 Å². The third kappa shape index (κ3) is 3.73. The average Bonchev–Trinajstić information content (AvgIpc) is 3.54. The van der Waals surface area contributed by atoms with E-state index in [1.54, 1.807) is 6.07 Å². The van der Waals surface area contributed by atoms with Gasteiger partial charge in [0, 0.05) is 30.5 Å². The second kappa shape index (κ2) is 8.14. The first-order valence-electron chi connectivity index (χ1n) is 11.3. The molecule has 2 aromatic carbocycles. The lowest BCUT2D eigenvalue weighted by Gasteiger charge is -2.39. The molecule has 0 spiro atoms. The van der Waals surface area contributed by atoms with Crippen molar-refractivity contribution < 1.29 is 19.0 Å². The molecule has 1 saturated heterocycles. The van der Waals surface area contributed by atoms with Crippen LogP contribution in [0.5, 0.6) is 0 Å². The van der Waals surface area contributed by atoms with Crippen molar-refractivity contribution in [2.75, 3.05) is 6.54 Å². The van der Waals surface area contributed by atoms with Gasteiger partial charge in [-0.05, 0) is 48.2 Å². The predicted octanol–water partition coefficient (Wildman–Crippen LogP) is 5.80. The summed E-state index contributed by atoms with van der Waals surface area (Å²) in [4.78, 5) is 23.0. The van der Waals surface area contributed by atoms with Crippen molar-refractivity contribution in [3.05, 3.63) is 83.3 Å². The molecule has 1 aliphatic carbocycles. The van der Waals surface area contributed by atoms with Gasteiger partial charge in [0.05, 0.1) is 5.69 Å². The maximum Gasteiger partial charge on any atom is 0.507 e. The van der Waals surface area contributed by atoms with Crippen molar-refractivity contribution in [3.8, 4) is 10.6 Å². The SMILES string of the molecule is O=C(O)O[C@@H]1CCN1Cc1ccc(-c2nc3ccc(C4(c5ccccc5)CC4)nc3s2)c(F)c1. The lowest BCUT2D eigenvalue weighted by Crippen LogP contribution is -2.49. The second-order valence-electron chi connectivity index (χ2n) is 8.90. The highest BCUT2D eigenvalue weighted by molar-refractivity contribution is 7.21. The van der Waals surface area contributed by atoms with Crippen molar-refractivity contribution in [1.29, 1.82) is 0 Å². The maximum absolute atomic E-state index is 15.0. The summed E-state index contributed by atoms with van der Waals surface area (Å²) in [6.45, 7) is 1.15. The number of benzene rings is 2. The molecule has 2 aromatic heterocycles. The van der Waals surface area contributed by atoms with Crippen LogP contribution in [0.25, 0.3) is 20.9 Å². The Kier molecular flexibility index (Phi) is 5.08. The summed E-state index contributed by atoms with van der Waals surface area (Å²) in [7, 11) is 0. The summed E-state index contributed by atoms with van der Waals surface area (Å²) in [5.74, 6) is -0.351. The van der Waals surface area contributed by atoms with Crippen LogP contribution in [-0.4, -0.2) is 38.9 Å². The Balaban J connectivity index is 1.25. The Morgan fingerprint density at radius 2 is 1.97 bits per heavy atom.